The van der Waals surface area contributed by atoms with E-state index in [-0.39, 0.29) is 11.2 Å². The predicted molar refractivity (Wildman–Crippen MR) is 74.7 cm³/mol. The summed E-state index contributed by atoms with van der Waals surface area (Å²) in [5, 5.41) is 3.24. The molecule has 0 aliphatic carbocycles. The van der Waals surface area contributed by atoms with Crippen molar-refractivity contribution < 1.29 is 4.39 Å². The Hall–Kier alpha value is -0.410. The minimum atomic E-state index is -0.161. The smallest absolute Gasteiger partial charge is 0.123 e. The predicted octanol–water partition coefficient (Wildman–Crippen LogP) is 4.16. The Morgan fingerprint density at radius 1 is 1.41 bits per heavy atom. The minimum Gasteiger partial charge on any atom is -0.319 e. The van der Waals surface area contributed by atoms with E-state index in [2.05, 4.69) is 35.1 Å². The molecular weight excluding hydrogens is 281 g/mol. The molecule has 1 N–H and O–H groups in total. The van der Waals surface area contributed by atoms with E-state index in [0.717, 1.165) is 35.8 Å². The SMILES string of the molecule is CCCC(C)(CNC)Cc1cc(F)ccc1Br. The molecule has 0 saturated carbocycles. The van der Waals surface area contributed by atoms with Crippen molar-refractivity contribution in [2.75, 3.05) is 13.6 Å². The number of hydrogen-bond acceptors (Lipinski definition) is 1. The molecule has 0 aromatic heterocycles. The van der Waals surface area contributed by atoms with Crippen LogP contribution in [0, 0.1) is 11.2 Å². The van der Waals surface area contributed by atoms with Crippen molar-refractivity contribution in [3.8, 4) is 0 Å². The molecule has 1 aromatic rings. The lowest BCUT2D eigenvalue weighted by Crippen LogP contribution is -2.31. The van der Waals surface area contributed by atoms with E-state index in [1.165, 1.54) is 6.07 Å². The summed E-state index contributed by atoms with van der Waals surface area (Å²) < 4.78 is 14.3. The molecule has 1 unspecified atom stereocenters. The summed E-state index contributed by atoms with van der Waals surface area (Å²) in [6.07, 6.45) is 3.17. The van der Waals surface area contributed by atoms with Crippen molar-refractivity contribution in [2.45, 2.75) is 33.1 Å². The van der Waals surface area contributed by atoms with Crippen molar-refractivity contribution in [2.24, 2.45) is 5.41 Å². The van der Waals surface area contributed by atoms with Crippen LogP contribution in [0.2, 0.25) is 0 Å². The van der Waals surface area contributed by atoms with Crippen molar-refractivity contribution >= 4 is 15.9 Å². The average molecular weight is 302 g/mol. The molecule has 0 aliphatic heterocycles. The molecule has 96 valence electrons. The number of halogens is 2. The number of nitrogens with one attached hydrogen (secondary N) is 1. The van der Waals surface area contributed by atoms with Crippen LogP contribution in [0.3, 0.4) is 0 Å². The van der Waals surface area contributed by atoms with Crippen molar-refractivity contribution in [1.29, 1.82) is 0 Å². The van der Waals surface area contributed by atoms with Gasteiger partial charge in [0.1, 0.15) is 5.82 Å². The third-order valence-electron chi connectivity index (χ3n) is 3.08. The zero-order valence-corrected chi connectivity index (χ0v) is 12.4. The first-order valence-electron chi connectivity index (χ1n) is 6.09. The summed E-state index contributed by atoms with van der Waals surface area (Å²) in [6.45, 7) is 5.39. The van der Waals surface area contributed by atoms with Gasteiger partial charge in [-0.2, -0.15) is 0 Å². The van der Waals surface area contributed by atoms with E-state index >= 15 is 0 Å². The highest BCUT2D eigenvalue weighted by Crippen LogP contribution is 2.31. The molecule has 1 aromatic carbocycles. The Bertz CT molecular complexity index is 359. The summed E-state index contributed by atoms with van der Waals surface area (Å²) in [6, 6.07) is 4.91. The zero-order chi connectivity index (χ0) is 12.9. The molecule has 0 heterocycles. The first-order valence-corrected chi connectivity index (χ1v) is 6.88. The number of rotatable bonds is 6. The molecular formula is C14H21BrFN. The molecule has 17 heavy (non-hydrogen) atoms. The van der Waals surface area contributed by atoms with E-state index in [1.807, 2.05) is 7.05 Å². The lowest BCUT2D eigenvalue weighted by atomic mass is 9.79. The Kier molecular flexibility index (Phi) is 5.60. The van der Waals surface area contributed by atoms with Gasteiger partial charge in [-0.05, 0) is 49.1 Å². The van der Waals surface area contributed by atoms with Crippen LogP contribution in [0.4, 0.5) is 4.39 Å². The molecule has 1 rings (SSSR count). The Morgan fingerprint density at radius 2 is 2.12 bits per heavy atom. The zero-order valence-electron chi connectivity index (χ0n) is 10.8. The largest absolute Gasteiger partial charge is 0.319 e. The molecule has 0 amide bonds. The van der Waals surface area contributed by atoms with Crippen molar-refractivity contribution in [3.63, 3.8) is 0 Å². The van der Waals surface area contributed by atoms with E-state index < -0.39 is 0 Å². The molecule has 1 nitrogen and oxygen atoms in total. The fraction of sp³-hybridized carbons (Fsp3) is 0.571. The summed E-state index contributed by atoms with van der Waals surface area (Å²) in [4.78, 5) is 0. The fourth-order valence-corrected chi connectivity index (χ4v) is 2.79. The maximum atomic E-state index is 13.3. The Morgan fingerprint density at radius 3 is 2.71 bits per heavy atom. The van der Waals surface area contributed by atoms with E-state index in [0.29, 0.717) is 0 Å². The molecule has 0 bridgehead atoms. The van der Waals surface area contributed by atoms with Gasteiger partial charge in [-0.3, -0.25) is 0 Å². The van der Waals surface area contributed by atoms with Gasteiger partial charge in [0.15, 0.2) is 0 Å². The summed E-state index contributed by atoms with van der Waals surface area (Å²) in [7, 11) is 1.97. The second-order valence-electron chi connectivity index (χ2n) is 5.00. The molecule has 0 aliphatic rings. The molecule has 3 heteroatoms. The van der Waals surface area contributed by atoms with Crippen LogP contribution >= 0.6 is 15.9 Å². The highest BCUT2D eigenvalue weighted by atomic mass is 79.9. The second kappa shape index (κ2) is 6.50. The molecule has 0 spiro atoms. The van der Waals surface area contributed by atoms with Gasteiger partial charge in [0.25, 0.3) is 0 Å². The van der Waals surface area contributed by atoms with Gasteiger partial charge in [-0.25, -0.2) is 4.39 Å². The van der Waals surface area contributed by atoms with Gasteiger partial charge in [-0.1, -0.05) is 36.2 Å². The monoisotopic (exact) mass is 301 g/mol. The van der Waals surface area contributed by atoms with Crippen molar-refractivity contribution in [1.82, 2.24) is 5.32 Å². The third kappa shape index (κ3) is 4.40. The lowest BCUT2D eigenvalue weighted by molar-refractivity contribution is 0.282. The maximum absolute atomic E-state index is 13.3. The van der Waals surface area contributed by atoms with Gasteiger partial charge < -0.3 is 5.32 Å². The van der Waals surface area contributed by atoms with Gasteiger partial charge in [-0.15, -0.1) is 0 Å². The van der Waals surface area contributed by atoms with Crippen LogP contribution < -0.4 is 5.32 Å². The topological polar surface area (TPSA) is 12.0 Å². The highest BCUT2D eigenvalue weighted by molar-refractivity contribution is 9.10. The molecule has 0 radical (unpaired) electrons. The summed E-state index contributed by atoms with van der Waals surface area (Å²) in [5.74, 6) is -0.161. The molecule has 0 fully saturated rings. The minimum absolute atomic E-state index is 0.161. The van der Waals surface area contributed by atoms with Crippen LogP contribution in [0.15, 0.2) is 22.7 Å². The molecule has 0 saturated heterocycles. The fourth-order valence-electron chi connectivity index (χ4n) is 2.41. The first kappa shape index (κ1) is 14.7. The average Bonchev–Trinajstić information content (AvgIpc) is 2.24. The number of benzene rings is 1. The Balaban J connectivity index is 2.88. The summed E-state index contributed by atoms with van der Waals surface area (Å²) in [5.41, 5.74) is 1.23. The van der Waals surface area contributed by atoms with E-state index in [1.54, 1.807) is 12.1 Å². The van der Waals surface area contributed by atoms with Gasteiger partial charge >= 0.3 is 0 Å². The first-order chi connectivity index (χ1) is 8.00. The van der Waals surface area contributed by atoms with E-state index in [9.17, 15) is 4.39 Å². The number of hydrogen-bond donors (Lipinski definition) is 1. The third-order valence-corrected chi connectivity index (χ3v) is 3.86. The van der Waals surface area contributed by atoms with E-state index in [4.69, 9.17) is 0 Å². The second-order valence-corrected chi connectivity index (χ2v) is 5.86. The van der Waals surface area contributed by atoms with Gasteiger partial charge in [0, 0.05) is 11.0 Å². The van der Waals surface area contributed by atoms with Crippen LogP contribution in [0.25, 0.3) is 0 Å². The lowest BCUT2D eigenvalue weighted by Gasteiger charge is -2.29. The standard InChI is InChI=1S/C14H21BrFN/c1-4-7-14(2,10-17-3)9-11-8-12(16)5-6-13(11)15/h5-6,8,17H,4,7,9-10H2,1-3H3. The van der Waals surface area contributed by atoms with Crippen LogP contribution in [-0.4, -0.2) is 13.6 Å². The van der Waals surface area contributed by atoms with Gasteiger partial charge in [0.05, 0.1) is 0 Å². The van der Waals surface area contributed by atoms with Gasteiger partial charge in [0.2, 0.25) is 0 Å². The normalized spacial score (nSPS) is 14.6. The van der Waals surface area contributed by atoms with Crippen LogP contribution in [0.1, 0.15) is 32.3 Å². The molecule has 1 atom stereocenters. The maximum Gasteiger partial charge on any atom is 0.123 e. The van der Waals surface area contributed by atoms with Crippen LogP contribution in [-0.2, 0) is 6.42 Å². The Labute approximate surface area is 112 Å². The summed E-state index contributed by atoms with van der Waals surface area (Å²) >= 11 is 3.50. The highest BCUT2D eigenvalue weighted by Gasteiger charge is 2.24. The van der Waals surface area contributed by atoms with Crippen molar-refractivity contribution in [3.05, 3.63) is 34.1 Å². The van der Waals surface area contributed by atoms with Crippen LogP contribution in [0.5, 0.6) is 0 Å². The quantitative estimate of drug-likeness (QED) is 0.832.